The topological polar surface area (TPSA) is 113 Å². The van der Waals surface area contributed by atoms with E-state index in [1.165, 1.54) is 0 Å². The van der Waals surface area contributed by atoms with Crippen LogP contribution in [0.5, 0.6) is 0 Å². The zero-order valence-corrected chi connectivity index (χ0v) is 10.8. The van der Waals surface area contributed by atoms with Gasteiger partial charge >= 0.3 is 0 Å². The fraction of sp³-hybridized carbons (Fsp3) is 0.0909. The summed E-state index contributed by atoms with van der Waals surface area (Å²) in [4.78, 5) is 12.5. The van der Waals surface area contributed by atoms with Gasteiger partial charge in [-0.2, -0.15) is 0 Å². The van der Waals surface area contributed by atoms with Crippen molar-refractivity contribution in [3.8, 4) is 0 Å². The van der Waals surface area contributed by atoms with E-state index in [0.29, 0.717) is 21.8 Å². The molecular formula is C11H11N5O2S. The minimum Gasteiger partial charge on any atom is -0.409 e. The molecular weight excluding hydrogens is 266 g/mol. The molecule has 0 unspecified atom stereocenters. The van der Waals surface area contributed by atoms with Gasteiger partial charge in [-0.25, -0.2) is 0 Å². The Bertz CT molecular complexity index is 638. The van der Waals surface area contributed by atoms with Gasteiger partial charge in [-0.3, -0.25) is 4.79 Å². The number of hydrogen-bond donors (Lipinski definition) is 3. The molecule has 8 heteroatoms. The monoisotopic (exact) mass is 277 g/mol. The second kappa shape index (κ2) is 5.44. The highest BCUT2D eigenvalue weighted by atomic mass is 32.1. The van der Waals surface area contributed by atoms with Gasteiger partial charge in [0, 0.05) is 5.56 Å². The zero-order valence-electron chi connectivity index (χ0n) is 9.99. The highest BCUT2D eigenvalue weighted by Crippen LogP contribution is 2.17. The van der Waals surface area contributed by atoms with Crippen molar-refractivity contribution in [2.24, 2.45) is 10.9 Å². The lowest BCUT2D eigenvalue weighted by molar-refractivity contribution is 0.103. The fourth-order valence-electron chi connectivity index (χ4n) is 1.49. The number of oxime groups is 1. The van der Waals surface area contributed by atoms with Gasteiger partial charge in [0.05, 0.1) is 11.4 Å². The Labute approximate surface area is 112 Å². The number of aromatic nitrogens is 2. The van der Waals surface area contributed by atoms with Crippen LogP contribution in [0.2, 0.25) is 0 Å². The summed E-state index contributed by atoms with van der Waals surface area (Å²) >= 11 is 1.01. The first kappa shape index (κ1) is 13.0. The molecule has 0 spiro atoms. The van der Waals surface area contributed by atoms with Crippen molar-refractivity contribution in [1.29, 1.82) is 0 Å². The second-order valence-electron chi connectivity index (χ2n) is 3.67. The summed E-state index contributed by atoms with van der Waals surface area (Å²) < 4.78 is 3.70. The number of anilines is 1. The standard InChI is InChI=1S/C11H11N5O2S/c1-6-9(19-16-14-6)11(17)13-8-5-3-2-4-7(8)10(12)15-18/h2-5,18H,1H3,(H2,12,15)(H,13,17). The molecule has 0 atom stereocenters. The summed E-state index contributed by atoms with van der Waals surface area (Å²) in [6.07, 6.45) is 0. The van der Waals surface area contributed by atoms with Crippen molar-refractivity contribution in [1.82, 2.24) is 9.59 Å². The first-order valence-corrected chi connectivity index (χ1v) is 6.08. The molecule has 7 nitrogen and oxygen atoms in total. The molecule has 1 aromatic carbocycles. The number of carbonyl (C=O) groups is 1. The van der Waals surface area contributed by atoms with Crippen LogP contribution in [0.3, 0.4) is 0 Å². The first-order chi connectivity index (χ1) is 9.13. The van der Waals surface area contributed by atoms with Crippen LogP contribution in [-0.2, 0) is 0 Å². The zero-order chi connectivity index (χ0) is 13.8. The number of rotatable bonds is 3. The van der Waals surface area contributed by atoms with E-state index in [0.717, 1.165) is 11.5 Å². The number of amides is 1. The van der Waals surface area contributed by atoms with Crippen LogP contribution in [-0.4, -0.2) is 26.5 Å². The molecule has 0 saturated carbocycles. The number of nitrogens with one attached hydrogen (secondary N) is 1. The van der Waals surface area contributed by atoms with E-state index in [2.05, 4.69) is 20.1 Å². The van der Waals surface area contributed by atoms with Gasteiger partial charge in [-0.05, 0) is 30.6 Å². The van der Waals surface area contributed by atoms with Gasteiger partial charge in [0.1, 0.15) is 4.88 Å². The summed E-state index contributed by atoms with van der Waals surface area (Å²) in [5, 5.41) is 18.1. The van der Waals surface area contributed by atoms with Crippen LogP contribution in [0, 0.1) is 6.92 Å². The molecule has 19 heavy (non-hydrogen) atoms. The van der Waals surface area contributed by atoms with Gasteiger partial charge in [0.2, 0.25) is 0 Å². The molecule has 0 aliphatic heterocycles. The predicted octanol–water partition coefficient (Wildman–Crippen LogP) is 1.19. The molecule has 1 aromatic heterocycles. The number of benzene rings is 1. The Morgan fingerprint density at radius 2 is 2.21 bits per heavy atom. The van der Waals surface area contributed by atoms with Crippen LogP contribution in [0.25, 0.3) is 0 Å². The van der Waals surface area contributed by atoms with Gasteiger partial charge in [0.15, 0.2) is 5.84 Å². The molecule has 0 aliphatic carbocycles. The van der Waals surface area contributed by atoms with Crippen LogP contribution in [0.15, 0.2) is 29.4 Å². The molecule has 0 radical (unpaired) electrons. The summed E-state index contributed by atoms with van der Waals surface area (Å²) in [5.74, 6) is -0.402. The van der Waals surface area contributed by atoms with Crippen molar-refractivity contribution in [2.75, 3.05) is 5.32 Å². The summed E-state index contributed by atoms with van der Waals surface area (Å²) in [6, 6.07) is 6.77. The normalized spacial score (nSPS) is 11.3. The number of carbonyl (C=O) groups excluding carboxylic acids is 1. The number of nitrogens with two attached hydrogens (primary N) is 1. The Hall–Kier alpha value is -2.48. The average Bonchev–Trinajstić information content (AvgIpc) is 2.85. The Morgan fingerprint density at radius 1 is 1.47 bits per heavy atom. The number of nitrogens with zero attached hydrogens (tertiary/aromatic N) is 3. The van der Waals surface area contributed by atoms with Crippen molar-refractivity contribution < 1.29 is 10.0 Å². The molecule has 0 aliphatic rings. The SMILES string of the molecule is Cc1nnsc1C(=O)Nc1ccccc1C(N)=NO. The van der Waals surface area contributed by atoms with Crippen LogP contribution in [0.4, 0.5) is 5.69 Å². The quantitative estimate of drug-likeness (QED) is 0.337. The summed E-state index contributed by atoms with van der Waals surface area (Å²) in [5.41, 5.74) is 7.00. The van der Waals surface area contributed by atoms with Crippen molar-refractivity contribution in [3.63, 3.8) is 0 Å². The maximum absolute atomic E-state index is 12.0. The molecule has 4 N–H and O–H groups in total. The highest BCUT2D eigenvalue weighted by molar-refractivity contribution is 7.08. The molecule has 0 saturated heterocycles. The van der Waals surface area contributed by atoms with E-state index < -0.39 is 0 Å². The Morgan fingerprint density at radius 3 is 2.84 bits per heavy atom. The van der Waals surface area contributed by atoms with Gasteiger partial charge in [-0.15, -0.1) is 5.10 Å². The van der Waals surface area contributed by atoms with Crippen LogP contribution >= 0.6 is 11.5 Å². The third kappa shape index (κ3) is 2.68. The van der Waals surface area contributed by atoms with E-state index in [1.54, 1.807) is 31.2 Å². The van der Waals surface area contributed by atoms with E-state index >= 15 is 0 Å². The van der Waals surface area contributed by atoms with Gasteiger partial charge in [-0.1, -0.05) is 21.8 Å². The maximum Gasteiger partial charge on any atom is 0.269 e. The molecule has 0 bridgehead atoms. The Kier molecular flexibility index (Phi) is 3.71. The third-order valence-corrected chi connectivity index (χ3v) is 3.24. The number of hydrogen-bond acceptors (Lipinski definition) is 6. The van der Waals surface area contributed by atoms with Crippen molar-refractivity contribution >= 4 is 29.0 Å². The van der Waals surface area contributed by atoms with Gasteiger partial charge in [0.25, 0.3) is 5.91 Å². The summed E-state index contributed by atoms with van der Waals surface area (Å²) in [7, 11) is 0. The van der Waals surface area contributed by atoms with E-state index in [-0.39, 0.29) is 11.7 Å². The first-order valence-electron chi connectivity index (χ1n) is 5.30. The second-order valence-corrected chi connectivity index (χ2v) is 4.43. The van der Waals surface area contributed by atoms with Crippen molar-refractivity contribution in [2.45, 2.75) is 6.92 Å². The van der Waals surface area contributed by atoms with Gasteiger partial charge < -0.3 is 16.3 Å². The lowest BCUT2D eigenvalue weighted by Gasteiger charge is -2.08. The van der Waals surface area contributed by atoms with E-state index in [4.69, 9.17) is 10.9 Å². The smallest absolute Gasteiger partial charge is 0.269 e. The molecule has 2 rings (SSSR count). The maximum atomic E-state index is 12.0. The Balaban J connectivity index is 2.30. The lowest BCUT2D eigenvalue weighted by atomic mass is 10.1. The minimum absolute atomic E-state index is 0.0740. The summed E-state index contributed by atoms with van der Waals surface area (Å²) in [6.45, 7) is 1.70. The largest absolute Gasteiger partial charge is 0.409 e. The third-order valence-electron chi connectivity index (χ3n) is 2.42. The fourth-order valence-corrected chi connectivity index (χ4v) is 2.04. The van der Waals surface area contributed by atoms with Crippen molar-refractivity contribution in [3.05, 3.63) is 40.4 Å². The molecule has 2 aromatic rings. The lowest BCUT2D eigenvalue weighted by Crippen LogP contribution is -2.19. The number of para-hydroxylation sites is 1. The molecule has 1 heterocycles. The molecule has 1 amide bonds. The van der Waals surface area contributed by atoms with Crippen LogP contribution < -0.4 is 11.1 Å². The molecule has 98 valence electrons. The number of aryl methyl sites for hydroxylation is 1. The van der Waals surface area contributed by atoms with Crippen LogP contribution in [0.1, 0.15) is 20.9 Å². The minimum atomic E-state index is -0.328. The average molecular weight is 277 g/mol. The number of amidine groups is 1. The highest BCUT2D eigenvalue weighted by Gasteiger charge is 2.15. The predicted molar refractivity (Wildman–Crippen MR) is 71.6 cm³/mol. The van der Waals surface area contributed by atoms with E-state index in [1.807, 2.05) is 0 Å². The van der Waals surface area contributed by atoms with E-state index in [9.17, 15) is 4.79 Å². The molecule has 0 fully saturated rings.